The summed E-state index contributed by atoms with van der Waals surface area (Å²) in [7, 11) is -1.81. The third kappa shape index (κ3) is 3.62. The van der Waals surface area contributed by atoms with E-state index in [1.807, 2.05) is 24.3 Å². The second kappa shape index (κ2) is 7.01. The normalized spacial score (nSPS) is 18.9. The standard InChI is InChI=1S/C18H22N2O4S/c1-24-17-11-10-15(13-7-3-4-8-14(13)17)19-18(21)16-9-5-6-12-20(16)25(2,22)23/h3-4,7-8,10-11,16H,5-6,9,12H2,1-2H3,(H,19,21)/t16-/m0/s1. The van der Waals surface area contributed by atoms with Crippen molar-refractivity contribution >= 4 is 32.4 Å². The van der Waals surface area contributed by atoms with Gasteiger partial charge in [-0.15, -0.1) is 0 Å². The van der Waals surface area contributed by atoms with E-state index in [0.717, 1.165) is 35.6 Å². The van der Waals surface area contributed by atoms with E-state index in [1.165, 1.54) is 4.31 Å². The summed E-state index contributed by atoms with van der Waals surface area (Å²) in [6, 6.07) is 10.5. The minimum atomic E-state index is -3.41. The Bertz CT molecular complexity index is 895. The molecule has 1 heterocycles. The van der Waals surface area contributed by atoms with Crippen molar-refractivity contribution in [1.82, 2.24) is 4.31 Å². The average Bonchev–Trinajstić information content (AvgIpc) is 2.61. The number of anilines is 1. The first-order chi connectivity index (χ1) is 11.9. The van der Waals surface area contributed by atoms with Gasteiger partial charge in [-0.25, -0.2) is 8.42 Å². The van der Waals surface area contributed by atoms with Gasteiger partial charge in [-0.2, -0.15) is 4.31 Å². The Morgan fingerprint density at radius 1 is 1.16 bits per heavy atom. The topological polar surface area (TPSA) is 75.7 Å². The number of carbonyl (C=O) groups excluding carboxylic acids is 1. The highest BCUT2D eigenvalue weighted by Gasteiger charge is 2.34. The number of hydrogen-bond acceptors (Lipinski definition) is 4. The Labute approximate surface area is 147 Å². The molecule has 25 heavy (non-hydrogen) atoms. The number of rotatable bonds is 4. The second-order valence-corrected chi connectivity index (χ2v) is 8.17. The third-order valence-corrected chi connectivity index (χ3v) is 5.83. The molecule has 1 N–H and O–H groups in total. The highest BCUT2D eigenvalue weighted by molar-refractivity contribution is 7.88. The Morgan fingerprint density at radius 3 is 2.56 bits per heavy atom. The van der Waals surface area contributed by atoms with Gasteiger partial charge < -0.3 is 10.1 Å². The third-order valence-electron chi connectivity index (χ3n) is 4.54. The van der Waals surface area contributed by atoms with Crippen LogP contribution in [0.5, 0.6) is 5.75 Å². The van der Waals surface area contributed by atoms with E-state index in [-0.39, 0.29) is 5.91 Å². The van der Waals surface area contributed by atoms with Crippen LogP contribution in [0.4, 0.5) is 5.69 Å². The fourth-order valence-corrected chi connectivity index (χ4v) is 4.46. The summed E-state index contributed by atoms with van der Waals surface area (Å²) < 4.78 is 30.6. The Balaban J connectivity index is 1.92. The van der Waals surface area contributed by atoms with Gasteiger partial charge in [-0.3, -0.25) is 4.79 Å². The van der Waals surface area contributed by atoms with Gasteiger partial charge in [0.05, 0.1) is 13.4 Å². The van der Waals surface area contributed by atoms with Gasteiger partial charge in [0.15, 0.2) is 0 Å². The molecule has 0 saturated carbocycles. The average molecular weight is 362 g/mol. The molecule has 134 valence electrons. The van der Waals surface area contributed by atoms with Gasteiger partial charge >= 0.3 is 0 Å². The van der Waals surface area contributed by atoms with Crippen molar-refractivity contribution in [2.75, 3.05) is 25.2 Å². The molecule has 2 aromatic rings. The van der Waals surface area contributed by atoms with Crippen LogP contribution < -0.4 is 10.1 Å². The van der Waals surface area contributed by atoms with Crippen LogP contribution >= 0.6 is 0 Å². The monoisotopic (exact) mass is 362 g/mol. The maximum absolute atomic E-state index is 12.8. The predicted octanol–water partition coefficient (Wildman–Crippen LogP) is 2.60. The molecule has 3 rings (SSSR count). The molecule has 6 nitrogen and oxygen atoms in total. The molecule has 0 spiro atoms. The van der Waals surface area contributed by atoms with E-state index >= 15 is 0 Å². The van der Waals surface area contributed by atoms with Crippen LogP contribution in [-0.2, 0) is 14.8 Å². The van der Waals surface area contributed by atoms with Crippen molar-refractivity contribution in [3.8, 4) is 5.75 Å². The minimum absolute atomic E-state index is 0.291. The number of nitrogens with one attached hydrogen (secondary N) is 1. The summed E-state index contributed by atoms with van der Waals surface area (Å²) in [4.78, 5) is 12.8. The van der Waals surface area contributed by atoms with Gasteiger partial charge in [0.2, 0.25) is 15.9 Å². The van der Waals surface area contributed by atoms with Crippen molar-refractivity contribution in [3.63, 3.8) is 0 Å². The SMILES string of the molecule is COc1ccc(NC(=O)[C@@H]2CCCCN2S(C)(=O)=O)c2ccccc12. The largest absolute Gasteiger partial charge is 0.496 e. The summed E-state index contributed by atoms with van der Waals surface area (Å²) in [6.07, 6.45) is 3.31. The smallest absolute Gasteiger partial charge is 0.242 e. The summed E-state index contributed by atoms with van der Waals surface area (Å²) in [6.45, 7) is 0.389. The van der Waals surface area contributed by atoms with Crippen LogP contribution in [0, 0.1) is 0 Å². The van der Waals surface area contributed by atoms with E-state index in [9.17, 15) is 13.2 Å². The molecule has 2 aromatic carbocycles. The molecule has 0 aliphatic carbocycles. The lowest BCUT2D eigenvalue weighted by Crippen LogP contribution is -2.49. The summed E-state index contributed by atoms with van der Waals surface area (Å²) in [5, 5.41) is 4.66. The van der Waals surface area contributed by atoms with E-state index in [4.69, 9.17) is 4.74 Å². The predicted molar refractivity (Wildman–Crippen MR) is 98.3 cm³/mol. The zero-order valence-corrected chi connectivity index (χ0v) is 15.2. The molecule has 0 bridgehead atoms. The molecule has 0 aromatic heterocycles. The number of amides is 1. The number of benzene rings is 2. The number of fused-ring (bicyclic) bond motifs is 1. The molecule has 7 heteroatoms. The highest BCUT2D eigenvalue weighted by Crippen LogP contribution is 2.32. The fraction of sp³-hybridized carbons (Fsp3) is 0.389. The lowest BCUT2D eigenvalue weighted by molar-refractivity contribution is -0.120. The van der Waals surface area contributed by atoms with Crippen LogP contribution in [0.1, 0.15) is 19.3 Å². The van der Waals surface area contributed by atoms with Crippen LogP contribution in [0.25, 0.3) is 10.8 Å². The van der Waals surface area contributed by atoms with Gasteiger partial charge in [0, 0.05) is 23.0 Å². The molecule has 1 aliphatic rings. The number of sulfonamides is 1. The molecular formula is C18H22N2O4S. The fourth-order valence-electron chi connectivity index (χ4n) is 3.34. The molecule has 1 amide bonds. The van der Waals surface area contributed by atoms with E-state index in [0.29, 0.717) is 18.7 Å². The lowest BCUT2D eigenvalue weighted by atomic mass is 10.0. The molecule has 1 atom stereocenters. The molecule has 0 radical (unpaired) electrons. The maximum Gasteiger partial charge on any atom is 0.242 e. The van der Waals surface area contributed by atoms with Crippen molar-refractivity contribution in [3.05, 3.63) is 36.4 Å². The van der Waals surface area contributed by atoms with Crippen molar-refractivity contribution in [2.24, 2.45) is 0 Å². The Hall–Kier alpha value is -2.12. The molecule has 0 unspecified atom stereocenters. The van der Waals surface area contributed by atoms with Crippen LogP contribution in [-0.4, -0.2) is 44.6 Å². The van der Waals surface area contributed by atoms with Gasteiger partial charge in [0.25, 0.3) is 0 Å². The lowest BCUT2D eigenvalue weighted by Gasteiger charge is -2.32. The van der Waals surface area contributed by atoms with Gasteiger partial charge in [-0.05, 0) is 25.0 Å². The number of carbonyl (C=O) groups is 1. The maximum atomic E-state index is 12.8. The zero-order valence-electron chi connectivity index (χ0n) is 14.4. The molecule has 1 aliphatic heterocycles. The van der Waals surface area contributed by atoms with E-state index < -0.39 is 16.1 Å². The van der Waals surface area contributed by atoms with Gasteiger partial charge in [-0.1, -0.05) is 30.7 Å². The first-order valence-electron chi connectivity index (χ1n) is 8.25. The molecule has 1 saturated heterocycles. The molecular weight excluding hydrogens is 340 g/mol. The first kappa shape index (κ1) is 17.7. The van der Waals surface area contributed by atoms with Crippen LogP contribution in [0.3, 0.4) is 0 Å². The van der Waals surface area contributed by atoms with E-state index in [1.54, 1.807) is 19.2 Å². The highest BCUT2D eigenvalue weighted by atomic mass is 32.2. The number of methoxy groups -OCH3 is 1. The summed E-state index contributed by atoms with van der Waals surface area (Å²) >= 11 is 0. The van der Waals surface area contributed by atoms with Gasteiger partial charge in [0.1, 0.15) is 11.8 Å². The summed E-state index contributed by atoms with van der Waals surface area (Å²) in [5.41, 5.74) is 0.653. The first-order valence-corrected chi connectivity index (χ1v) is 10.1. The number of ether oxygens (including phenoxy) is 1. The van der Waals surface area contributed by atoms with Crippen molar-refractivity contribution in [2.45, 2.75) is 25.3 Å². The number of nitrogens with zero attached hydrogens (tertiary/aromatic N) is 1. The number of hydrogen-bond donors (Lipinski definition) is 1. The zero-order chi connectivity index (χ0) is 18.0. The second-order valence-electron chi connectivity index (χ2n) is 6.24. The van der Waals surface area contributed by atoms with Crippen LogP contribution in [0.2, 0.25) is 0 Å². The number of piperidine rings is 1. The van der Waals surface area contributed by atoms with Crippen molar-refractivity contribution in [1.29, 1.82) is 0 Å². The van der Waals surface area contributed by atoms with Crippen LogP contribution in [0.15, 0.2) is 36.4 Å². The van der Waals surface area contributed by atoms with E-state index in [2.05, 4.69) is 5.32 Å². The minimum Gasteiger partial charge on any atom is -0.496 e. The summed E-state index contributed by atoms with van der Waals surface area (Å²) in [5.74, 6) is 0.435. The van der Waals surface area contributed by atoms with Crippen molar-refractivity contribution < 1.29 is 17.9 Å². The Morgan fingerprint density at radius 2 is 1.88 bits per heavy atom. The quantitative estimate of drug-likeness (QED) is 0.907. The molecule has 1 fully saturated rings. The Kier molecular flexibility index (Phi) is 4.96.